The molecule has 0 aliphatic heterocycles. The largest absolute Gasteiger partial charge is 1.00 e. The van der Waals surface area contributed by atoms with Crippen molar-refractivity contribution in [3.05, 3.63) is 225 Å². The van der Waals surface area contributed by atoms with E-state index in [-0.39, 0.29) is 128 Å². The molecule has 0 amide bonds. The van der Waals surface area contributed by atoms with Crippen molar-refractivity contribution in [2.75, 3.05) is 10.6 Å². The minimum Gasteiger partial charge on any atom is -0.871 e. The van der Waals surface area contributed by atoms with Gasteiger partial charge in [0.2, 0.25) is 0 Å². The maximum Gasteiger partial charge on any atom is 1.00 e. The normalized spacial score (nSPS) is 14.8. The Kier molecular flexibility index (Phi) is 16.6. The van der Waals surface area contributed by atoms with Gasteiger partial charge in [-0.2, -0.15) is 27.1 Å². The molecule has 0 saturated heterocycles. The molecule has 0 spiro atoms. The first-order valence-electron chi connectivity index (χ1n) is 24.1. The molecule has 3 aliphatic carbocycles. The second-order valence-electron chi connectivity index (χ2n) is 18.4. The van der Waals surface area contributed by atoms with Gasteiger partial charge in [-0.3, -0.25) is 33.1 Å². The zero-order chi connectivity index (χ0) is 56.2. The summed E-state index contributed by atoms with van der Waals surface area (Å²) in [6.45, 7) is 0. The predicted molar refractivity (Wildman–Crippen MR) is 289 cm³/mol. The van der Waals surface area contributed by atoms with Gasteiger partial charge in [-0.25, -0.2) is 0 Å². The number of para-hydroxylation sites is 2. The predicted octanol–water partition coefficient (Wildman–Crippen LogP) is 5.03. The summed E-state index contributed by atoms with van der Waals surface area (Å²) < 4.78 is 73.2. The summed E-state index contributed by atoms with van der Waals surface area (Å²) >= 11 is 0. The Balaban J connectivity index is 0.00000405. The molecule has 3 aliphatic rings. The summed E-state index contributed by atoms with van der Waals surface area (Å²) in [5, 5.41) is 48.6. The fourth-order valence-electron chi connectivity index (χ4n) is 9.64. The second-order valence-corrected chi connectivity index (χ2v) is 21.2. The third-order valence-corrected chi connectivity index (χ3v) is 15.1. The monoisotopic (exact) mass is 1150 g/mol. The van der Waals surface area contributed by atoms with Gasteiger partial charge in [0.1, 0.15) is 21.2 Å². The number of hydrogen-bond acceptors (Lipinski definition) is 17. The van der Waals surface area contributed by atoms with Crippen molar-refractivity contribution in [3.8, 4) is 11.5 Å². The Morgan fingerprint density at radius 1 is 0.415 bits per heavy atom. The average Bonchev–Trinajstić information content (AvgIpc) is 3.95. The fourth-order valence-corrected chi connectivity index (χ4v) is 11.0. The van der Waals surface area contributed by atoms with Gasteiger partial charge in [-0.15, -0.1) is 10.2 Å². The van der Waals surface area contributed by atoms with Crippen LogP contribution in [0.4, 0.5) is 45.5 Å². The Labute approximate surface area is 511 Å². The molecule has 0 bridgehead atoms. The summed E-state index contributed by atoms with van der Waals surface area (Å²) in [5.41, 5.74) is -1.86. The summed E-state index contributed by atoms with van der Waals surface area (Å²) in [7, 11) is -10.4. The van der Waals surface area contributed by atoms with Gasteiger partial charge >= 0.3 is 59.1 Å². The van der Waals surface area contributed by atoms with Crippen LogP contribution in [-0.2, 0) is 25.0 Å². The first kappa shape index (κ1) is 58.5. The Morgan fingerprint density at radius 3 is 1.09 bits per heavy atom. The van der Waals surface area contributed by atoms with Crippen LogP contribution in [0.1, 0.15) is 87.7 Å². The fraction of sp³-hybridized carbons (Fsp3) is 0.0339. The molecule has 0 aromatic heterocycles. The molecule has 0 heterocycles. The number of rotatable bonds is 12. The van der Waals surface area contributed by atoms with Crippen LogP contribution in [0.3, 0.4) is 0 Å². The van der Waals surface area contributed by atoms with E-state index < -0.39 is 92.9 Å². The van der Waals surface area contributed by atoms with E-state index >= 15 is 0 Å². The molecule has 8 aromatic carbocycles. The number of nitrogens with zero attached hydrogens (tertiary/aromatic N) is 4. The number of carbonyl (C=O) groups excluding carboxylic acids is 5. The van der Waals surface area contributed by atoms with Crippen LogP contribution in [-0.4, -0.2) is 54.9 Å². The van der Waals surface area contributed by atoms with Crippen molar-refractivity contribution in [2.45, 2.75) is 22.6 Å². The first-order valence-corrected chi connectivity index (χ1v) is 27.0. The molecule has 8 aromatic rings. The first-order chi connectivity index (χ1) is 38.3. The van der Waals surface area contributed by atoms with E-state index in [0.717, 1.165) is 24.3 Å². The van der Waals surface area contributed by atoms with E-state index in [1.165, 1.54) is 72.8 Å². The van der Waals surface area contributed by atoms with Crippen molar-refractivity contribution in [3.63, 3.8) is 0 Å². The van der Waals surface area contributed by atoms with Crippen LogP contribution in [0.25, 0.3) is 12.2 Å². The Bertz CT molecular complexity index is 4160. The van der Waals surface area contributed by atoms with Crippen molar-refractivity contribution >= 4 is 107 Å². The van der Waals surface area contributed by atoms with Gasteiger partial charge < -0.3 is 20.8 Å². The van der Waals surface area contributed by atoms with E-state index in [1.54, 1.807) is 72.8 Å². The van der Waals surface area contributed by atoms with Crippen LogP contribution in [0.15, 0.2) is 199 Å². The third-order valence-electron chi connectivity index (χ3n) is 13.3. The van der Waals surface area contributed by atoms with Crippen molar-refractivity contribution in [2.24, 2.45) is 20.5 Å². The molecule has 1 fully saturated rings. The molecule has 0 atom stereocenters. The van der Waals surface area contributed by atoms with E-state index in [9.17, 15) is 60.1 Å². The van der Waals surface area contributed by atoms with Gasteiger partial charge in [0.15, 0.2) is 28.9 Å². The topological polar surface area (TPSA) is 314 Å². The molecule has 23 heteroatoms. The van der Waals surface area contributed by atoms with E-state index in [0.29, 0.717) is 33.6 Å². The van der Waals surface area contributed by atoms with Gasteiger partial charge in [0.25, 0.3) is 20.2 Å². The standard InChI is InChI=1S/C59H38N6O13S2.2Na/c66-45-23-19-31(27-41(45)62-64-53-47(79(73,74)75)29-43(60-35-11-3-1-4-12-35)49-51(53)58(71)39-17-9-7-15-37(39)56(49)69)25-33-21-22-34(55(33)68)26-32-20-24-46(67)42(28-32)63-65-54-48(80(76,77)78)30-44(61-36-13-5-2-6-14-36)50-52(54)59(72)40-18-10-8-16-38(40)57(50)70;;/h1-20,23-30,60-61,66-67H,21-22H2,(H,73,74,75)(H,76,77,78);;/q;2*+1/p-2/b33-25+,34-26+,64-62?,65-63?;;. The maximum atomic E-state index is 14.2. The Hall–Kier alpha value is -8.19. The summed E-state index contributed by atoms with van der Waals surface area (Å²) in [6.07, 6.45) is 3.42. The van der Waals surface area contributed by atoms with E-state index in [4.69, 9.17) is 0 Å². The van der Waals surface area contributed by atoms with Crippen LogP contribution >= 0.6 is 0 Å². The molecule has 1 saturated carbocycles. The number of ketones is 5. The van der Waals surface area contributed by atoms with Crippen molar-refractivity contribution in [1.82, 2.24) is 0 Å². The van der Waals surface area contributed by atoms with Crippen LogP contribution in [0, 0.1) is 0 Å². The Morgan fingerprint density at radius 2 is 0.744 bits per heavy atom. The maximum absolute atomic E-state index is 14.2. The summed E-state index contributed by atoms with van der Waals surface area (Å²) in [5.74, 6) is -4.70. The molecule has 11 rings (SSSR count). The zero-order valence-corrected chi connectivity index (χ0v) is 48.7. The molecule has 4 N–H and O–H groups in total. The molecular weight excluding hydrogens is 1110 g/mol. The number of azo groups is 2. The molecule has 19 nitrogen and oxygen atoms in total. The van der Waals surface area contributed by atoms with Gasteiger partial charge in [0.05, 0.1) is 45.0 Å². The van der Waals surface area contributed by atoms with E-state index in [2.05, 4.69) is 31.1 Å². The summed E-state index contributed by atoms with van der Waals surface area (Å²) in [6, 6.07) is 38.0. The number of Topliss-reactive ketones (excluding diaryl/α,β-unsaturated/α-hetero) is 1. The molecule has 82 heavy (non-hydrogen) atoms. The van der Waals surface area contributed by atoms with Crippen molar-refractivity contribution in [1.29, 1.82) is 0 Å². The smallest absolute Gasteiger partial charge is 0.871 e. The number of benzene rings is 8. The van der Waals surface area contributed by atoms with Crippen LogP contribution < -0.4 is 80.0 Å². The van der Waals surface area contributed by atoms with E-state index in [1.807, 2.05) is 0 Å². The third kappa shape index (κ3) is 11.3. The molecule has 0 unspecified atom stereocenters. The van der Waals surface area contributed by atoms with Crippen LogP contribution in [0.5, 0.6) is 11.5 Å². The summed E-state index contributed by atoms with van der Waals surface area (Å²) in [4.78, 5) is 68.8. The van der Waals surface area contributed by atoms with Crippen molar-refractivity contribution < 1.29 is 119 Å². The SMILES string of the molecule is O=C1/C(=C/c2ccc([O-])c(N=Nc3c(S(=O)(=O)O)cc(Nc4ccccc4)c4c3C(=O)c3ccccc3C4=O)c2)CC/C1=C\c1ccc([O-])c(N=Nc2c(S(=O)(=O)O)cc(Nc3ccccc3)c3c2C(=O)c2ccccc2C3=O)c1.[Na+].[Na+]. The number of nitrogens with one attached hydrogen (secondary N) is 2. The van der Waals surface area contributed by atoms with Gasteiger partial charge in [-0.1, -0.05) is 121 Å². The molecule has 0 radical (unpaired) electrons. The molecule has 394 valence electrons. The van der Waals surface area contributed by atoms with Crippen LogP contribution in [0.2, 0.25) is 0 Å². The zero-order valence-electron chi connectivity index (χ0n) is 43.1. The average molecular weight is 1150 g/mol. The number of anilines is 4. The quantitative estimate of drug-likeness (QED) is 0.0539. The molecular formula is C59H36N6Na2O13S2. The number of hydrogen-bond donors (Lipinski definition) is 4. The number of carbonyl (C=O) groups is 5. The number of fused-ring (bicyclic) bond motifs is 4. The number of allylic oxidation sites excluding steroid dienone is 2. The minimum absolute atomic E-state index is 0. The van der Waals surface area contributed by atoms with Gasteiger partial charge in [0, 0.05) is 44.8 Å². The minimum atomic E-state index is -5.19. The van der Waals surface area contributed by atoms with Gasteiger partial charge in [-0.05, 0) is 84.7 Å². The second kappa shape index (κ2) is 23.3.